The molecule has 6 heteroatoms. The van der Waals surface area contributed by atoms with Crippen LogP contribution < -0.4 is 15.6 Å². The molecule has 1 amide bonds. The number of hydrazine groups is 1. The number of rotatable bonds is 7. The normalized spacial score (nSPS) is 10.3. The van der Waals surface area contributed by atoms with E-state index in [0.29, 0.717) is 11.4 Å². The summed E-state index contributed by atoms with van der Waals surface area (Å²) < 4.78 is 7.18. The van der Waals surface area contributed by atoms with Gasteiger partial charge in [0.25, 0.3) is 5.91 Å². The lowest BCUT2D eigenvalue weighted by atomic mass is 10.0. The summed E-state index contributed by atoms with van der Waals surface area (Å²) in [5.41, 5.74) is 10.3. The number of halogens is 2. The molecule has 0 bridgehead atoms. The third kappa shape index (κ3) is 5.71. The van der Waals surface area contributed by atoms with Crippen LogP contribution >= 0.6 is 31.9 Å². The Labute approximate surface area is 187 Å². The van der Waals surface area contributed by atoms with Gasteiger partial charge in [-0.15, -0.1) is 0 Å². The van der Waals surface area contributed by atoms with Crippen molar-refractivity contribution < 1.29 is 9.53 Å². The van der Waals surface area contributed by atoms with Crippen molar-refractivity contribution in [1.29, 1.82) is 0 Å². The molecule has 3 rings (SSSR count). The highest BCUT2D eigenvalue weighted by molar-refractivity contribution is 9.11. The molecule has 4 nitrogen and oxygen atoms in total. The fourth-order valence-electron chi connectivity index (χ4n) is 2.71. The van der Waals surface area contributed by atoms with E-state index in [2.05, 4.69) is 61.4 Å². The first-order chi connectivity index (χ1) is 13.9. The van der Waals surface area contributed by atoms with Crippen LogP contribution in [0.3, 0.4) is 0 Å². The Morgan fingerprint density at radius 3 is 2.14 bits per heavy atom. The van der Waals surface area contributed by atoms with Gasteiger partial charge in [-0.1, -0.05) is 61.2 Å². The number of aryl methyl sites for hydroxylation is 1. The summed E-state index contributed by atoms with van der Waals surface area (Å²) in [6.07, 6.45) is 0. The standard InChI is InChI=1S/C23H20Br2N2O2/c1-15-12-20(24)23(21(25)13-15)29-14-22(28)27-26-16(2)17-8-10-19(11-9-17)18-6-4-3-5-7-18/h3-13,26H,2,14H2,1H3,(H,27,28). The van der Waals surface area contributed by atoms with Crippen molar-refractivity contribution in [3.05, 3.63) is 93.4 Å². The molecule has 3 aromatic rings. The van der Waals surface area contributed by atoms with Gasteiger partial charge in [-0.2, -0.15) is 0 Å². The van der Waals surface area contributed by atoms with Crippen LogP contribution in [0.15, 0.2) is 82.3 Å². The fourth-order valence-corrected chi connectivity index (χ4v) is 4.35. The maximum Gasteiger partial charge on any atom is 0.276 e. The van der Waals surface area contributed by atoms with E-state index in [4.69, 9.17) is 4.74 Å². The minimum Gasteiger partial charge on any atom is -0.481 e. The van der Waals surface area contributed by atoms with E-state index in [9.17, 15) is 4.79 Å². The average molecular weight is 516 g/mol. The van der Waals surface area contributed by atoms with E-state index in [1.807, 2.05) is 61.5 Å². The highest BCUT2D eigenvalue weighted by Crippen LogP contribution is 2.34. The number of nitrogens with one attached hydrogen (secondary N) is 2. The predicted octanol–water partition coefficient (Wildman–Crippen LogP) is 5.86. The molecule has 0 spiro atoms. The van der Waals surface area contributed by atoms with Crippen LogP contribution in [0.25, 0.3) is 16.8 Å². The summed E-state index contributed by atoms with van der Waals surface area (Å²) in [6, 6.07) is 22.0. The van der Waals surface area contributed by atoms with Crippen LogP contribution in [-0.4, -0.2) is 12.5 Å². The van der Waals surface area contributed by atoms with Gasteiger partial charge in [-0.25, -0.2) is 0 Å². The van der Waals surface area contributed by atoms with Gasteiger partial charge in [0.2, 0.25) is 0 Å². The average Bonchev–Trinajstić information content (AvgIpc) is 2.72. The molecule has 0 aliphatic heterocycles. The van der Waals surface area contributed by atoms with Crippen molar-refractivity contribution in [1.82, 2.24) is 10.9 Å². The minimum atomic E-state index is -0.313. The highest BCUT2D eigenvalue weighted by Gasteiger charge is 2.10. The van der Waals surface area contributed by atoms with Gasteiger partial charge in [-0.05, 0) is 73.2 Å². The van der Waals surface area contributed by atoms with Crippen LogP contribution in [-0.2, 0) is 4.79 Å². The molecule has 3 aromatic carbocycles. The second-order valence-corrected chi connectivity index (χ2v) is 8.15. The van der Waals surface area contributed by atoms with Crippen molar-refractivity contribution >= 4 is 43.5 Å². The molecule has 0 radical (unpaired) electrons. The summed E-state index contributed by atoms with van der Waals surface area (Å²) in [4.78, 5) is 12.1. The monoisotopic (exact) mass is 514 g/mol. The van der Waals surface area contributed by atoms with Crippen molar-refractivity contribution in [2.75, 3.05) is 6.61 Å². The third-order valence-electron chi connectivity index (χ3n) is 4.18. The molecule has 0 aliphatic carbocycles. The lowest BCUT2D eigenvalue weighted by Gasteiger charge is -2.14. The first kappa shape index (κ1) is 21.1. The molecule has 148 valence electrons. The zero-order valence-corrected chi connectivity index (χ0v) is 19.0. The number of benzene rings is 3. The quantitative estimate of drug-likeness (QED) is 0.387. The molecule has 0 heterocycles. The number of hydrogen-bond acceptors (Lipinski definition) is 3. The number of hydrogen-bond donors (Lipinski definition) is 2. The zero-order chi connectivity index (χ0) is 20.8. The molecule has 0 fully saturated rings. The molecule has 0 saturated heterocycles. The van der Waals surface area contributed by atoms with Crippen molar-refractivity contribution in [2.45, 2.75) is 6.92 Å². The van der Waals surface area contributed by atoms with Crippen LogP contribution in [0.1, 0.15) is 11.1 Å². The second kappa shape index (κ2) is 9.76. The molecule has 0 aliphatic rings. The summed E-state index contributed by atoms with van der Waals surface area (Å²) in [6.45, 7) is 5.82. The Bertz CT molecular complexity index is 996. The molecule has 0 saturated carbocycles. The maximum atomic E-state index is 12.1. The summed E-state index contributed by atoms with van der Waals surface area (Å²) >= 11 is 6.89. The number of carbonyl (C=O) groups is 1. The summed E-state index contributed by atoms with van der Waals surface area (Å²) in [5.74, 6) is 0.271. The number of ether oxygens (including phenoxy) is 1. The van der Waals surface area contributed by atoms with Crippen LogP contribution in [0.4, 0.5) is 0 Å². The van der Waals surface area contributed by atoms with E-state index >= 15 is 0 Å². The molecule has 2 N–H and O–H groups in total. The first-order valence-corrected chi connectivity index (χ1v) is 10.5. The number of amides is 1. The van der Waals surface area contributed by atoms with E-state index < -0.39 is 0 Å². The molecular formula is C23H20Br2N2O2. The van der Waals surface area contributed by atoms with Gasteiger partial charge < -0.3 is 4.74 Å². The molecule has 0 atom stereocenters. The van der Waals surface area contributed by atoms with E-state index in [1.165, 1.54) is 0 Å². The smallest absolute Gasteiger partial charge is 0.276 e. The Balaban J connectivity index is 1.52. The van der Waals surface area contributed by atoms with Crippen LogP contribution in [0.2, 0.25) is 0 Å². The van der Waals surface area contributed by atoms with Crippen LogP contribution in [0.5, 0.6) is 5.75 Å². The van der Waals surface area contributed by atoms with Gasteiger partial charge in [0.05, 0.1) is 14.6 Å². The van der Waals surface area contributed by atoms with E-state index in [1.54, 1.807) is 0 Å². The molecule has 0 unspecified atom stereocenters. The van der Waals surface area contributed by atoms with Crippen LogP contribution in [0, 0.1) is 6.92 Å². The van der Waals surface area contributed by atoms with Gasteiger partial charge in [0.1, 0.15) is 5.75 Å². The fraction of sp³-hybridized carbons (Fsp3) is 0.0870. The van der Waals surface area contributed by atoms with Gasteiger partial charge in [-0.3, -0.25) is 15.6 Å². The predicted molar refractivity (Wildman–Crippen MR) is 124 cm³/mol. The molecular weight excluding hydrogens is 496 g/mol. The SMILES string of the molecule is C=C(NNC(=O)COc1c(Br)cc(C)cc1Br)c1ccc(-c2ccccc2)cc1. The van der Waals surface area contributed by atoms with Gasteiger partial charge in [0.15, 0.2) is 6.61 Å². The van der Waals surface area contributed by atoms with E-state index in [0.717, 1.165) is 31.2 Å². The van der Waals surface area contributed by atoms with Crippen molar-refractivity contribution in [3.8, 4) is 16.9 Å². The second-order valence-electron chi connectivity index (χ2n) is 6.44. The van der Waals surface area contributed by atoms with Crippen molar-refractivity contribution in [3.63, 3.8) is 0 Å². The van der Waals surface area contributed by atoms with E-state index in [-0.39, 0.29) is 12.5 Å². The van der Waals surface area contributed by atoms with Gasteiger partial charge >= 0.3 is 0 Å². The van der Waals surface area contributed by atoms with Gasteiger partial charge in [0, 0.05) is 0 Å². The molecule has 0 aromatic heterocycles. The highest BCUT2D eigenvalue weighted by atomic mass is 79.9. The minimum absolute atomic E-state index is 0.131. The lowest BCUT2D eigenvalue weighted by Crippen LogP contribution is -2.39. The largest absolute Gasteiger partial charge is 0.481 e. The Kier molecular flexibility index (Phi) is 7.12. The Morgan fingerprint density at radius 2 is 1.52 bits per heavy atom. The lowest BCUT2D eigenvalue weighted by molar-refractivity contribution is -0.123. The summed E-state index contributed by atoms with van der Waals surface area (Å²) in [7, 11) is 0. The summed E-state index contributed by atoms with van der Waals surface area (Å²) in [5, 5.41) is 0. The maximum absolute atomic E-state index is 12.1. The third-order valence-corrected chi connectivity index (χ3v) is 5.36. The van der Waals surface area contributed by atoms with Crippen molar-refractivity contribution in [2.24, 2.45) is 0 Å². The topological polar surface area (TPSA) is 50.4 Å². The Hall–Kier alpha value is -2.57. The molecule has 29 heavy (non-hydrogen) atoms. The first-order valence-electron chi connectivity index (χ1n) is 8.92. The zero-order valence-electron chi connectivity index (χ0n) is 15.8. The number of carbonyl (C=O) groups excluding carboxylic acids is 1. The Morgan fingerprint density at radius 1 is 0.931 bits per heavy atom.